The van der Waals surface area contributed by atoms with E-state index in [1.54, 1.807) is 17.0 Å². The average Bonchev–Trinajstić information content (AvgIpc) is 2.95. The molecule has 6 heteroatoms. The van der Waals surface area contributed by atoms with Gasteiger partial charge in [-0.3, -0.25) is 0 Å². The summed E-state index contributed by atoms with van der Waals surface area (Å²) in [7, 11) is 0. The smallest absolute Gasteiger partial charge is 0.410 e. The lowest BCUT2D eigenvalue weighted by atomic mass is 10.0. The maximum atomic E-state index is 12.3. The molecule has 1 unspecified atom stereocenters. The van der Waals surface area contributed by atoms with Crippen LogP contribution in [-0.4, -0.2) is 41.8 Å². The zero-order valence-corrected chi connectivity index (χ0v) is 15.4. The summed E-state index contributed by atoms with van der Waals surface area (Å²) < 4.78 is 16.1. The molecule has 0 spiro atoms. The maximum Gasteiger partial charge on any atom is 0.410 e. The van der Waals surface area contributed by atoms with Crippen LogP contribution in [0.15, 0.2) is 22.6 Å². The van der Waals surface area contributed by atoms with Crippen molar-refractivity contribution in [2.24, 2.45) is 0 Å². The molecule has 1 aliphatic rings. The third kappa shape index (κ3) is 6.29. The fourth-order valence-electron chi connectivity index (χ4n) is 2.65. The molecule has 0 saturated carbocycles. The highest BCUT2D eigenvalue weighted by atomic mass is 16.6. The Morgan fingerprint density at radius 3 is 2.72 bits per heavy atom. The average molecular weight is 349 g/mol. The van der Waals surface area contributed by atoms with E-state index in [0.717, 1.165) is 25.0 Å². The van der Waals surface area contributed by atoms with E-state index in [2.05, 4.69) is 0 Å². The second kappa shape index (κ2) is 8.23. The summed E-state index contributed by atoms with van der Waals surface area (Å²) in [4.78, 5) is 25.9. The first kappa shape index (κ1) is 19.1. The van der Waals surface area contributed by atoms with Gasteiger partial charge in [-0.1, -0.05) is 0 Å². The Morgan fingerprint density at radius 1 is 1.32 bits per heavy atom. The van der Waals surface area contributed by atoms with Gasteiger partial charge in [0.2, 0.25) is 0 Å². The lowest BCUT2D eigenvalue weighted by molar-refractivity contribution is -0.139. The molecule has 6 nitrogen and oxygen atoms in total. The predicted octanol–water partition coefficient (Wildman–Crippen LogP) is 3.93. The van der Waals surface area contributed by atoms with Crippen molar-refractivity contribution in [3.8, 4) is 0 Å². The van der Waals surface area contributed by atoms with Crippen LogP contribution in [-0.2, 0) is 14.3 Å². The summed E-state index contributed by atoms with van der Waals surface area (Å²) >= 11 is 0. The molecule has 0 N–H and O–H groups in total. The Hall–Kier alpha value is -2.24. The first-order valence-corrected chi connectivity index (χ1v) is 8.65. The lowest BCUT2D eigenvalue weighted by Crippen LogP contribution is -2.48. The molecular formula is C19H27NO5. The van der Waals surface area contributed by atoms with Gasteiger partial charge >= 0.3 is 12.1 Å². The van der Waals surface area contributed by atoms with Crippen LogP contribution in [0.4, 0.5) is 4.79 Å². The highest BCUT2D eigenvalue weighted by Crippen LogP contribution is 2.20. The van der Waals surface area contributed by atoms with Crippen molar-refractivity contribution < 1.29 is 23.5 Å². The van der Waals surface area contributed by atoms with Gasteiger partial charge in [-0.25, -0.2) is 9.59 Å². The largest absolute Gasteiger partial charge is 0.462 e. The molecule has 1 saturated heterocycles. The minimum atomic E-state index is -0.542. The first-order chi connectivity index (χ1) is 11.7. The van der Waals surface area contributed by atoms with Crippen molar-refractivity contribution in [1.29, 1.82) is 0 Å². The number of nitrogens with zero attached hydrogens (tertiary/aromatic N) is 1. The summed E-state index contributed by atoms with van der Waals surface area (Å²) in [6.07, 6.45) is 5.29. The first-order valence-electron chi connectivity index (χ1n) is 8.65. The molecule has 2 heterocycles. The van der Waals surface area contributed by atoms with E-state index in [0.29, 0.717) is 12.3 Å². The number of esters is 1. The van der Waals surface area contributed by atoms with E-state index in [4.69, 9.17) is 13.9 Å². The molecule has 1 aliphatic heterocycles. The van der Waals surface area contributed by atoms with Crippen molar-refractivity contribution in [3.05, 3.63) is 29.7 Å². The number of rotatable bonds is 4. The summed E-state index contributed by atoms with van der Waals surface area (Å²) in [6.45, 7) is 8.14. The van der Waals surface area contributed by atoms with Gasteiger partial charge < -0.3 is 18.8 Å². The molecule has 1 aromatic heterocycles. The van der Waals surface area contributed by atoms with Crippen LogP contribution < -0.4 is 0 Å². The number of hydrogen-bond acceptors (Lipinski definition) is 5. The Morgan fingerprint density at radius 2 is 2.08 bits per heavy atom. The molecule has 1 atom stereocenters. The molecule has 2 rings (SSSR count). The molecule has 138 valence electrons. The second-order valence-corrected chi connectivity index (χ2v) is 7.24. The van der Waals surface area contributed by atoms with Gasteiger partial charge in [0, 0.05) is 12.6 Å². The third-order valence-electron chi connectivity index (χ3n) is 3.82. The molecule has 1 fully saturated rings. The lowest BCUT2D eigenvalue weighted by Gasteiger charge is -2.36. The Labute approximate surface area is 148 Å². The highest BCUT2D eigenvalue weighted by Gasteiger charge is 2.31. The van der Waals surface area contributed by atoms with Crippen molar-refractivity contribution in [2.45, 2.75) is 58.6 Å². The van der Waals surface area contributed by atoms with Gasteiger partial charge in [0.05, 0.1) is 6.04 Å². The summed E-state index contributed by atoms with van der Waals surface area (Å²) in [5, 5.41) is 0. The van der Waals surface area contributed by atoms with Crippen LogP contribution in [0.2, 0.25) is 0 Å². The van der Waals surface area contributed by atoms with Crippen LogP contribution in [0.3, 0.4) is 0 Å². The summed E-state index contributed by atoms with van der Waals surface area (Å²) in [5.74, 6) is 0.925. The number of aryl methyl sites for hydroxylation is 1. The van der Waals surface area contributed by atoms with Crippen molar-refractivity contribution in [3.63, 3.8) is 0 Å². The van der Waals surface area contributed by atoms with Crippen molar-refractivity contribution in [2.75, 3.05) is 13.2 Å². The number of amides is 1. The van der Waals surface area contributed by atoms with Crippen LogP contribution in [0.25, 0.3) is 6.08 Å². The molecule has 1 aromatic rings. The van der Waals surface area contributed by atoms with E-state index in [1.165, 1.54) is 6.08 Å². The Balaban J connectivity index is 1.87. The molecule has 0 radical (unpaired) electrons. The van der Waals surface area contributed by atoms with Gasteiger partial charge in [0.25, 0.3) is 0 Å². The van der Waals surface area contributed by atoms with E-state index in [1.807, 2.05) is 33.8 Å². The number of furan rings is 1. The number of hydrogen-bond donors (Lipinski definition) is 0. The van der Waals surface area contributed by atoms with Crippen LogP contribution >= 0.6 is 0 Å². The minimum absolute atomic E-state index is 0.146. The van der Waals surface area contributed by atoms with Gasteiger partial charge in [0.15, 0.2) is 0 Å². The Kier molecular flexibility index (Phi) is 6.28. The quantitative estimate of drug-likeness (QED) is 0.608. The SMILES string of the molecule is Cc1ccc(C=CC(=O)OCC2CCCCN2C(=O)OC(C)(C)C)o1. The van der Waals surface area contributed by atoms with E-state index < -0.39 is 11.6 Å². The molecule has 1 amide bonds. The topological polar surface area (TPSA) is 69.0 Å². The van der Waals surface area contributed by atoms with E-state index in [-0.39, 0.29) is 18.7 Å². The van der Waals surface area contributed by atoms with Crippen LogP contribution in [0.1, 0.15) is 51.6 Å². The predicted molar refractivity (Wildman–Crippen MR) is 94.0 cm³/mol. The third-order valence-corrected chi connectivity index (χ3v) is 3.82. The number of carbonyl (C=O) groups is 2. The molecule has 25 heavy (non-hydrogen) atoms. The highest BCUT2D eigenvalue weighted by molar-refractivity contribution is 5.86. The molecule has 0 aliphatic carbocycles. The zero-order chi connectivity index (χ0) is 18.4. The van der Waals surface area contributed by atoms with Gasteiger partial charge in [-0.05, 0) is 65.2 Å². The normalized spacial score (nSPS) is 18.4. The van der Waals surface area contributed by atoms with Crippen molar-refractivity contribution >= 4 is 18.1 Å². The Bertz CT molecular complexity index is 626. The van der Waals surface area contributed by atoms with Gasteiger partial charge in [-0.2, -0.15) is 0 Å². The monoisotopic (exact) mass is 349 g/mol. The van der Waals surface area contributed by atoms with E-state index in [9.17, 15) is 9.59 Å². The molecule has 0 bridgehead atoms. The number of likely N-dealkylation sites (tertiary alicyclic amines) is 1. The second-order valence-electron chi connectivity index (χ2n) is 7.24. The van der Waals surface area contributed by atoms with Gasteiger partial charge in [-0.15, -0.1) is 0 Å². The zero-order valence-electron chi connectivity index (χ0n) is 15.4. The number of piperidine rings is 1. The number of ether oxygens (including phenoxy) is 2. The van der Waals surface area contributed by atoms with E-state index >= 15 is 0 Å². The van der Waals surface area contributed by atoms with Crippen LogP contribution in [0, 0.1) is 6.92 Å². The maximum absolute atomic E-state index is 12.3. The minimum Gasteiger partial charge on any atom is -0.462 e. The standard InChI is InChI=1S/C19H27NO5/c1-14-8-9-16(24-14)10-11-17(21)23-13-15-7-5-6-12-20(15)18(22)25-19(2,3)4/h8-11,15H,5-7,12-13H2,1-4H3. The fraction of sp³-hybridized carbons (Fsp3) is 0.579. The molecule has 0 aromatic carbocycles. The van der Waals surface area contributed by atoms with Crippen molar-refractivity contribution in [1.82, 2.24) is 4.90 Å². The van der Waals surface area contributed by atoms with Gasteiger partial charge in [0.1, 0.15) is 23.7 Å². The van der Waals surface area contributed by atoms with Crippen LogP contribution in [0.5, 0.6) is 0 Å². The summed E-state index contributed by atoms with van der Waals surface area (Å²) in [6, 6.07) is 3.46. The fourth-order valence-corrected chi connectivity index (χ4v) is 2.65. The number of carbonyl (C=O) groups excluding carboxylic acids is 2. The summed E-state index contributed by atoms with van der Waals surface area (Å²) in [5.41, 5.74) is -0.542. The molecular weight excluding hydrogens is 322 g/mol.